The lowest BCUT2D eigenvalue weighted by Crippen LogP contribution is -2.67. The summed E-state index contributed by atoms with van der Waals surface area (Å²) in [6.07, 6.45) is -37.1. The van der Waals surface area contributed by atoms with E-state index in [1.807, 2.05) is 6.92 Å². The van der Waals surface area contributed by atoms with Crippen molar-refractivity contribution >= 4 is 53.5 Å². The minimum atomic E-state index is -5.75. The first-order valence-corrected chi connectivity index (χ1v) is 26.3. The molecule has 0 aromatic carbocycles. The molecule has 0 radical (unpaired) electrons. The molecule has 20 unspecified atom stereocenters. The molecular formula is C33H56O33S4. The highest BCUT2D eigenvalue weighted by atomic mass is 32.3. The van der Waals surface area contributed by atoms with E-state index in [4.69, 9.17) is 42.4 Å². The van der Waals surface area contributed by atoms with Gasteiger partial charge in [0, 0.05) is 18.4 Å². The summed E-state index contributed by atoms with van der Waals surface area (Å²) in [4.78, 5) is 25.1. The summed E-state index contributed by atoms with van der Waals surface area (Å²) < 4.78 is 193. The zero-order valence-electron chi connectivity index (χ0n) is 36.7. The normalized spacial score (nSPS) is 39.1. The predicted molar refractivity (Wildman–Crippen MR) is 215 cm³/mol. The van der Waals surface area contributed by atoms with Gasteiger partial charge in [-0.1, -0.05) is 46.5 Å². The smallest absolute Gasteiger partial charge is 0.397 e. The molecule has 0 spiro atoms. The third-order valence-electron chi connectivity index (χ3n) is 11.1. The van der Waals surface area contributed by atoms with Crippen LogP contribution in [0.15, 0.2) is 0 Å². The average molecular weight is 1110 g/mol. The number of aliphatic hydroxyl groups is 5. The van der Waals surface area contributed by atoms with Crippen molar-refractivity contribution in [1.29, 1.82) is 0 Å². The molecule has 4 heterocycles. The topological polar surface area (TPSA) is 504 Å². The largest absolute Gasteiger partial charge is 0.479 e. The summed E-state index contributed by atoms with van der Waals surface area (Å²) in [5.41, 5.74) is 0. The minimum Gasteiger partial charge on any atom is -0.479 e. The SMILES string of the molecule is CCCCCCCOC1OC(C(=O)O)C(OC2OC(COS(=O)(=O)O)C(OC3OC(C(=O)O)C(OC4OC(COS(=O)(=O)O)C(O)C(O)C4C)C(O)C3OS(=O)(=O)O)C(O)C2C)C(O)C1OS(=O)(=O)O. The lowest BCUT2D eigenvalue weighted by molar-refractivity contribution is -0.374. The highest BCUT2D eigenvalue weighted by Crippen LogP contribution is 2.38. The maximum Gasteiger partial charge on any atom is 0.397 e. The van der Waals surface area contributed by atoms with E-state index in [9.17, 15) is 92.7 Å². The lowest BCUT2D eigenvalue weighted by atomic mass is 9.91. The first kappa shape index (κ1) is 60.5. The van der Waals surface area contributed by atoms with E-state index in [-0.39, 0.29) is 6.61 Å². The van der Waals surface area contributed by atoms with Gasteiger partial charge in [0.1, 0.15) is 48.8 Å². The van der Waals surface area contributed by atoms with Crippen LogP contribution in [0.25, 0.3) is 0 Å². The van der Waals surface area contributed by atoms with E-state index in [0.29, 0.717) is 12.8 Å². The van der Waals surface area contributed by atoms with Gasteiger partial charge in [-0.15, -0.1) is 0 Å². The van der Waals surface area contributed by atoms with Gasteiger partial charge < -0.3 is 73.6 Å². The van der Waals surface area contributed by atoms with Crippen molar-refractivity contribution in [3.05, 3.63) is 0 Å². The van der Waals surface area contributed by atoms with Crippen LogP contribution in [0.5, 0.6) is 0 Å². The van der Waals surface area contributed by atoms with Gasteiger partial charge in [-0.3, -0.25) is 18.2 Å². The maximum atomic E-state index is 12.6. The van der Waals surface area contributed by atoms with Crippen LogP contribution < -0.4 is 0 Å². The Hall–Kier alpha value is -2.10. The van der Waals surface area contributed by atoms with E-state index in [2.05, 4.69) is 16.7 Å². The zero-order valence-corrected chi connectivity index (χ0v) is 40.0. The number of hydrogen-bond acceptors (Lipinski definition) is 27. The van der Waals surface area contributed by atoms with Crippen molar-refractivity contribution in [2.75, 3.05) is 19.8 Å². The summed E-state index contributed by atoms with van der Waals surface area (Å²) in [5.74, 6) is -6.97. The molecule has 4 rings (SSSR count). The highest BCUT2D eigenvalue weighted by molar-refractivity contribution is 7.81. The second-order valence-corrected chi connectivity index (χ2v) is 20.6. The Kier molecular flexibility index (Phi) is 21.6. The molecule has 0 aromatic rings. The van der Waals surface area contributed by atoms with E-state index >= 15 is 0 Å². The fourth-order valence-electron chi connectivity index (χ4n) is 7.63. The van der Waals surface area contributed by atoms with Crippen molar-refractivity contribution in [2.45, 2.75) is 163 Å². The van der Waals surface area contributed by atoms with Gasteiger partial charge in [0.2, 0.25) is 0 Å². The molecule has 0 amide bonds. The van der Waals surface area contributed by atoms with Crippen molar-refractivity contribution in [2.24, 2.45) is 11.8 Å². The Balaban J connectivity index is 1.65. The van der Waals surface area contributed by atoms with E-state index in [1.54, 1.807) is 0 Å². The molecule has 11 N–H and O–H groups in total. The molecule has 0 aliphatic carbocycles. The number of hydrogen-bond donors (Lipinski definition) is 11. The molecule has 37 heteroatoms. The molecule has 4 aliphatic heterocycles. The molecule has 4 aliphatic rings. The van der Waals surface area contributed by atoms with Crippen LogP contribution >= 0.6 is 0 Å². The van der Waals surface area contributed by atoms with Gasteiger partial charge in [0.25, 0.3) is 0 Å². The first-order valence-electron chi connectivity index (χ1n) is 20.8. The van der Waals surface area contributed by atoms with Crippen LogP contribution in [0, 0.1) is 11.8 Å². The minimum absolute atomic E-state index is 0.184. The van der Waals surface area contributed by atoms with Crippen molar-refractivity contribution in [3.63, 3.8) is 0 Å². The fraction of sp³-hybridized carbons (Fsp3) is 0.939. The second-order valence-electron chi connectivity index (χ2n) is 16.3. The van der Waals surface area contributed by atoms with E-state index in [0.717, 1.165) is 33.1 Å². The van der Waals surface area contributed by atoms with Gasteiger partial charge in [0.05, 0.1) is 25.4 Å². The van der Waals surface area contributed by atoms with E-state index in [1.165, 1.54) is 0 Å². The van der Waals surface area contributed by atoms with Crippen LogP contribution in [0.4, 0.5) is 0 Å². The molecule has 410 valence electrons. The molecule has 33 nitrogen and oxygen atoms in total. The van der Waals surface area contributed by atoms with Crippen molar-refractivity contribution in [3.8, 4) is 0 Å². The van der Waals surface area contributed by atoms with Gasteiger partial charge >= 0.3 is 53.5 Å². The van der Waals surface area contributed by atoms with Crippen LogP contribution in [-0.2, 0) is 106 Å². The number of rotatable bonds is 25. The molecule has 0 aromatic heterocycles. The molecular weight excluding hydrogens is 1050 g/mol. The van der Waals surface area contributed by atoms with Crippen LogP contribution in [0.2, 0.25) is 0 Å². The first-order chi connectivity index (χ1) is 32.2. The number of carboxylic acids is 2. The van der Waals surface area contributed by atoms with Crippen LogP contribution in [0.1, 0.15) is 52.9 Å². The molecule has 20 atom stereocenters. The van der Waals surface area contributed by atoms with Gasteiger partial charge in [-0.05, 0) is 6.42 Å². The summed E-state index contributed by atoms with van der Waals surface area (Å²) in [5, 5.41) is 75.8. The summed E-state index contributed by atoms with van der Waals surface area (Å²) in [7, 11) is -21.8. The number of ether oxygens (including phenoxy) is 8. The summed E-state index contributed by atoms with van der Waals surface area (Å²) >= 11 is 0. The Morgan fingerprint density at radius 3 is 1.34 bits per heavy atom. The van der Waals surface area contributed by atoms with Crippen LogP contribution in [-0.4, -0.2) is 230 Å². The fourth-order valence-corrected chi connectivity index (χ4v) is 9.22. The lowest BCUT2D eigenvalue weighted by Gasteiger charge is -2.49. The third kappa shape index (κ3) is 17.0. The molecule has 4 saturated heterocycles. The maximum absolute atomic E-state index is 12.6. The van der Waals surface area contributed by atoms with E-state index < -0.39 is 189 Å². The predicted octanol–water partition coefficient (Wildman–Crippen LogP) is -4.71. The third-order valence-corrected chi connectivity index (χ3v) is 12.9. The molecule has 4 fully saturated rings. The number of carbonyl (C=O) groups is 2. The Morgan fingerprint density at radius 1 is 0.471 bits per heavy atom. The van der Waals surface area contributed by atoms with Gasteiger partial charge in [0.15, 0.2) is 49.6 Å². The highest BCUT2D eigenvalue weighted by Gasteiger charge is 2.58. The van der Waals surface area contributed by atoms with Crippen molar-refractivity contribution in [1.82, 2.24) is 0 Å². The molecule has 70 heavy (non-hydrogen) atoms. The zero-order chi connectivity index (χ0) is 52.8. The number of aliphatic carboxylic acids is 2. The number of unbranched alkanes of at least 4 members (excludes halogenated alkanes) is 4. The van der Waals surface area contributed by atoms with Crippen LogP contribution in [0.3, 0.4) is 0 Å². The summed E-state index contributed by atoms with van der Waals surface area (Å²) in [6.45, 7) is 1.36. The summed E-state index contributed by atoms with van der Waals surface area (Å²) in [6, 6.07) is 0. The van der Waals surface area contributed by atoms with Crippen molar-refractivity contribution < 1.29 is 152 Å². The Morgan fingerprint density at radius 2 is 0.886 bits per heavy atom. The second kappa shape index (κ2) is 25.0. The number of carboxylic acid groups (broad SMARTS) is 2. The monoisotopic (exact) mass is 1110 g/mol. The number of aliphatic hydroxyl groups excluding tert-OH is 5. The Bertz CT molecular complexity index is 2180. The van der Waals surface area contributed by atoms with Gasteiger partial charge in [-0.2, -0.15) is 33.7 Å². The van der Waals surface area contributed by atoms with Gasteiger partial charge in [-0.25, -0.2) is 26.3 Å². The molecule has 0 bridgehead atoms. The standard InChI is InChI=1S/C33H56O33S4/c1-4-5-6-7-8-9-55-32-24(65-69(49,50)51)19(37)22(26(63-32)28(39)40)62-31-13(3)17(35)21(15(59-31)11-57-68(46,47)48)60-33-25(66-70(52,53)54)20(38)23(27(64-33)29(41)42)61-30-12(2)16(34)18(36)14(58-30)10-56-67(43,44)45/h12-27,30-38H,4-11H2,1-3H3,(H,39,40)(H,41,42)(H,43,44,45)(H,46,47,48)(H,49,50,51)(H,52,53,54). The Labute approximate surface area is 399 Å². The quantitative estimate of drug-likeness (QED) is 0.0302. The molecule has 0 saturated carbocycles. The average Bonchev–Trinajstić information content (AvgIpc) is 3.23.